The molecule has 2 saturated heterocycles. The predicted octanol–water partition coefficient (Wildman–Crippen LogP) is 0.379. The monoisotopic (exact) mass is 256 g/mol. The molecule has 2 aliphatic rings. The number of hydrogen-bond acceptors (Lipinski definition) is 4. The lowest BCUT2D eigenvalue weighted by Gasteiger charge is -2.41. The Balaban J connectivity index is 2.04. The Labute approximate surface area is 109 Å². The van der Waals surface area contributed by atoms with Crippen molar-refractivity contribution in [2.24, 2.45) is 11.1 Å². The molecule has 5 heteroatoms. The maximum Gasteiger partial charge on any atom is 0.230 e. The van der Waals surface area contributed by atoms with Crippen molar-refractivity contribution in [1.29, 1.82) is 0 Å². The first-order chi connectivity index (χ1) is 8.72. The second-order valence-corrected chi connectivity index (χ2v) is 5.35. The smallest absolute Gasteiger partial charge is 0.230 e. The number of rotatable bonds is 3. The second kappa shape index (κ2) is 5.99. The second-order valence-electron chi connectivity index (χ2n) is 5.35. The first-order valence-electron chi connectivity index (χ1n) is 6.82. The van der Waals surface area contributed by atoms with Crippen LogP contribution in [0.15, 0.2) is 0 Å². The van der Waals surface area contributed by atoms with Crippen LogP contribution in [-0.2, 0) is 14.3 Å². The molecule has 0 saturated carbocycles. The summed E-state index contributed by atoms with van der Waals surface area (Å²) in [6.07, 6.45) is 3.73. The van der Waals surface area contributed by atoms with Gasteiger partial charge in [-0.05, 0) is 25.7 Å². The van der Waals surface area contributed by atoms with Gasteiger partial charge in [0, 0.05) is 40.0 Å². The van der Waals surface area contributed by atoms with E-state index >= 15 is 0 Å². The molecular weight excluding hydrogens is 232 g/mol. The lowest BCUT2D eigenvalue weighted by molar-refractivity contribution is -0.150. The molecule has 0 bridgehead atoms. The minimum atomic E-state index is -0.395. The van der Waals surface area contributed by atoms with Gasteiger partial charge in [0.1, 0.15) is 0 Å². The van der Waals surface area contributed by atoms with Gasteiger partial charge >= 0.3 is 0 Å². The van der Waals surface area contributed by atoms with E-state index in [4.69, 9.17) is 15.2 Å². The van der Waals surface area contributed by atoms with E-state index < -0.39 is 5.41 Å². The molecule has 2 rings (SSSR count). The highest BCUT2D eigenvalue weighted by Gasteiger charge is 2.42. The molecule has 0 aliphatic carbocycles. The highest BCUT2D eigenvalue weighted by atomic mass is 16.5. The summed E-state index contributed by atoms with van der Waals surface area (Å²) in [6, 6.07) is 0. The van der Waals surface area contributed by atoms with Crippen molar-refractivity contribution in [3.63, 3.8) is 0 Å². The molecule has 2 N–H and O–H groups in total. The van der Waals surface area contributed by atoms with E-state index in [1.807, 2.05) is 4.90 Å². The highest BCUT2D eigenvalue weighted by molar-refractivity contribution is 5.83. The first-order valence-corrected chi connectivity index (χ1v) is 6.82. The minimum absolute atomic E-state index is 0.178. The molecule has 2 aliphatic heterocycles. The Morgan fingerprint density at radius 3 is 2.83 bits per heavy atom. The van der Waals surface area contributed by atoms with Crippen LogP contribution in [0.2, 0.25) is 0 Å². The number of hydrogen-bond donors (Lipinski definition) is 1. The summed E-state index contributed by atoms with van der Waals surface area (Å²) in [7, 11) is 1.71. The zero-order valence-electron chi connectivity index (χ0n) is 11.2. The summed E-state index contributed by atoms with van der Waals surface area (Å²) in [5.74, 6) is 0.204. The Morgan fingerprint density at radius 2 is 2.22 bits per heavy atom. The van der Waals surface area contributed by atoms with Gasteiger partial charge in [0.2, 0.25) is 5.91 Å². The number of carbonyl (C=O) groups is 1. The molecule has 0 radical (unpaired) electrons. The van der Waals surface area contributed by atoms with Crippen molar-refractivity contribution in [2.45, 2.75) is 31.8 Å². The lowest BCUT2D eigenvalue weighted by Crippen LogP contribution is -2.54. The Kier molecular flexibility index (Phi) is 4.59. The van der Waals surface area contributed by atoms with Crippen LogP contribution in [0.25, 0.3) is 0 Å². The number of likely N-dealkylation sites (tertiary alicyclic amines) is 1. The summed E-state index contributed by atoms with van der Waals surface area (Å²) in [5, 5.41) is 0. The van der Waals surface area contributed by atoms with Crippen LogP contribution in [0.4, 0.5) is 0 Å². The highest BCUT2D eigenvalue weighted by Crippen LogP contribution is 2.32. The standard InChI is InChI=1S/C13H24N2O3/c1-17-11-3-2-6-15(9-11)12(16)13(10-14)4-7-18-8-5-13/h11H,2-10,14H2,1H3. The van der Waals surface area contributed by atoms with E-state index in [1.54, 1.807) is 7.11 Å². The number of nitrogens with zero attached hydrogens (tertiary/aromatic N) is 1. The molecule has 0 aromatic rings. The van der Waals surface area contributed by atoms with Crippen LogP contribution in [0.3, 0.4) is 0 Å². The van der Waals surface area contributed by atoms with Gasteiger partial charge < -0.3 is 20.1 Å². The molecule has 0 aromatic heterocycles. The van der Waals surface area contributed by atoms with Gasteiger partial charge in [0.25, 0.3) is 0 Å². The molecular formula is C13H24N2O3. The Hall–Kier alpha value is -0.650. The largest absolute Gasteiger partial charge is 0.381 e. The fraction of sp³-hybridized carbons (Fsp3) is 0.923. The normalized spacial score (nSPS) is 28.1. The summed E-state index contributed by atoms with van der Waals surface area (Å²) < 4.78 is 10.7. The van der Waals surface area contributed by atoms with Crippen molar-refractivity contribution < 1.29 is 14.3 Å². The van der Waals surface area contributed by atoms with Crippen LogP contribution in [0, 0.1) is 5.41 Å². The van der Waals surface area contributed by atoms with Crippen LogP contribution in [0.1, 0.15) is 25.7 Å². The Bertz CT molecular complexity index is 290. The third-order valence-electron chi connectivity index (χ3n) is 4.29. The molecule has 2 heterocycles. The third kappa shape index (κ3) is 2.68. The van der Waals surface area contributed by atoms with Crippen LogP contribution in [0.5, 0.6) is 0 Å². The van der Waals surface area contributed by atoms with Gasteiger partial charge in [0.05, 0.1) is 11.5 Å². The molecule has 1 unspecified atom stereocenters. The maximum atomic E-state index is 12.7. The van der Waals surface area contributed by atoms with Crippen LogP contribution < -0.4 is 5.73 Å². The zero-order chi connectivity index (χ0) is 13.0. The van der Waals surface area contributed by atoms with Crippen LogP contribution in [-0.4, -0.2) is 56.9 Å². The van der Waals surface area contributed by atoms with Crippen molar-refractivity contribution in [3.8, 4) is 0 Å². The maximum absolute atomic E-state index is 12.7. The Morgan fingerprint density at radius 1 is 1.50 bits per heavy atom. The number of carbonyl (C=O) groups excluding carboxylic acids is 1. The fourth-order valence-corrected chi connectivity index (χ4v) is 2.92. The number of nitrogens with two attached hydrogens (primary N) is 1. The predicted molar refractivity (Wildman–Crippen MR) is 68.2 cm³/mol. The minimum Gasteiger partial charge on any atom is -0.381 e. The van der Waals surface area contributed by atoms with Crippen molar-refractivity contribution in [2.75, 3.05) is 40.0 Å². The number of amides is 1. The topological polar surface area (TPSA) is 64.8 Å². The average molecular weight is 256 g/mol. The molecule has 2 fully saturated rings. The van der Waals surface area contributed by atoms with Crippen molar-refractivity contribution >= 4 is 5.91 Å². The van der Waals surface area contributed by atoms with E-state index in [0.29, 0.717) is 26.3 Å². The van der Waals surface area contributed by atoms with Gasteiger partial charge in [-0.2, -0.15) is 0 Å². The van der Waals surface area contributed by atoms with E-state index in [1.165, 1.54) is 0 Å². The zero-order valence-corrected chi connectivity index (χ0v) is 11.2. The van der Waals surface area contributed by atoms with Crippen molar-refractivity contribution in [1.82, 2.24) is 4.90 Å². The van der Waals surface area contributed by atoms with Crippen molar-refractivity contribution in [3.05, 3.63) is 0 Å². The number of piperidine rings is 1. The summed E-state index contributed by atoms with van der Waals surface area (Å²) >= 11 is 0. The lowest BCUT2D eigenvalue weighted by atomic mass is 9.78. The third-order valence-corrected chi connectivity index (χ3v) is 4.29. The fourth-order valence-electron chi connectivity index (χ4n) is 2.92. The van der Waals surface area contributed by atoms with Gasteiger partial charge in [0.15, 0.2) is 0 Å². The van der Waals surface area contributed by atoms with Gasteiger partial charge in [-0.1, -0.05) is 0 Å². The molecule has 104 valence electrons. The average Bonchev–Trinajstić information content (AvgIpc) is 2.47. The molecule has 18 heavy (non-hydrogen) atoms. The van der Waals surface area contributed by atoms with E-state index in [-0.39, 0.29) is 12.0 Å². The summed E-state index contributed by atoms with van der Waals surface area (Å²) in [6.45, 7) is 3.25. The molecule has 0 spiro atoms. The quantitative estimate of drug-likeness (QED) is 0.793. The van der Waals surface area contributed by atoms with E-state index in [0.717, 1.165) is 32.2 Å². The van der Waals surface area contributed by atoms with E-state index in [9.17, 15) is 4.79 Å². The van der Waals surface area contributed by atoms with E-state index in [2.05, 4.69) is 0 Å². The first kappa shape index (κ1) is 13.8. The van der Waals surface area contributed by atoms with Gasteiger partial charge in [-0.25, -0.2) is 0 Å². The number of methoxy groups -OCH3 is 1. The molecule has 0 aromatic carbocycles. The number of ether oxygens (including phenoxy) is 2. The summed E-state index contributed by atoms with van der Waals surface area (Å²) in [4.78, 5) is 14.6. The van der Waals surface area contributed by atoms with Gasteiger partial charge in [-0.3, -0.25) is 4.79 Å². The van der Waals surface area contributed by atoms with Crippen LogP contribution >= 0.6 is 0 Å². The molecule has 5 nitrogen and oxygen atoms in total. The molecule has 1 atom stereocenters. The SMILES string of the molecule is COC1CCCN(C(=O)C2(CN)CCOCC2)C1. The van der Waals surface area contributed by atoms with Gasteiger partial charge in [-0.15, -0.1) is 0 Å². The molecule has 1 amide bonds. The summed E-state index contributed by atoms with van der Waals surface area (Å²) in [5.41, 5.74) is 5.48.